The van der Waals surface area contributed by atoms with Crippen LogP contribution in [0.3, 0.4) is 0 Å². The van der Waals surface area contributed by atoms with Gasteiger partial charge in [0, 0.05) is 6.04 Å². The maximum Gasteiger partial charge on any atom is 0.338 e. The van der Waals surface area contributed by atoms with Gasteiger partial charge in [0.1, 0.15) is 5.75 Å². The average Bonchev–Trinajstić information content (AvgIpc) is 2.56. The van der Waals surface area contributed by atoms with Crippen molar-refractivity contribution in [2.24, 2.45) is 5.73 Å². The van der Waals surface area contributed by atoms with Gasteiger partial charge in [0.05, 0.1) is 5.56 Å². The summed E-state index contributed by atoms with van der Waals surface area (Å²) in [4.78, 5) is 34.1. The molecule has 126 valence electrons. The number of carbonyl (C=O) groups excluding carboxylic acids is 3. The summed E-state index contributed by atoms with van der Waals surface area (Å²) in [6, 6.07) is 6.09. The normalized spacial score (nSPS) is 10.2. The van der Waals surface area contributed by atoms with E-state index in [4.69, 9.17) is 15.2 Å². The zero-order valence-electron chi connectivity index (χ0n) is 13.3. The number of hydrogen-bond donors (Lipinski definition) is 2. The number of carbonyl (C=O) groups is 3. The second kappa shape index (κ2) is 9.45. The number of nitrogens with one attached hydrogen (secondary N) is 1. The Balaban J connectivity index is 2.45. The van der Waals surface area contributed by atoms with Crippen molar-refractivity contribution in [3.63, 3.8) is 0 Å². The van der Waals surface area contributed by atoms with E-state index in [1.54, 1.807) is 0 Å². The van der Waals surface area contributed by atoms with Gasteiger partial charge in [-0.2, -0.15) is 0 Å². The van der Waals surface area contributed by atoms with Gasteiger partial charge in [-0.25, -0.2) is 4.79 Å². The van der Waals surface area contributed by atoms with Gasteiger partial charge in [-0.05, 0) is 37.1 Å². The largest absolute Gasteiger partial charge is 0.484 e. The summed E-state index contributed by atoms with van der Waals surface area (Å²) >= 11 is 0. The fraction of sp³-hybridized carbons (Fsp3) is 0.438. The van der Waals surface area contributed by atoms with Crippen LogP contribution < -0.4 is 15.8 Å². The lowest BCUT2D eigenvalue weighted by Crippen LogP contribution is -2.36. The first kappa shape index (κ1) is 18.5. The minimum atomic E-state index is -0.605. The van der Waals surface area contributed by atoms with E-state index in [1.807, 2.05) is 13.8 Å². The molecule has 0 atom stereocenters. The van der Waals surface area contributed by atoms with Crippen LogP contribution in [0.4, 0.5) is 0 Å². The average molecular weight is 322 g/mol. The number of ether oxygens (including phenoxy) is 2. The second-order valence-corrected chi connectivity index (χ2v) is 4.94. The lowest BCUT2D eigenvalue weighted by molar-refractivity contribution is -0.125. The zero-order chi connectivity index (χ0) is 17.2. The molecule has 7 nitrogen and oxygen atoms in total. The number of rotatable bonds is 9. The SMILES string of the molecule is CCC(CC)NC(=O)COC(=O)c1ccc(OCC(N)=O)cc1. The Morgan fingerprint density at radius 3 is 2.22 bits per heavy atom. The predicted molar refractivity (Wildman–Crippen MR) is 83.9 cm³/mol. The van der Waals surface area contributed by atoms with Crippen molar-refractivity contribution in [3.05, 3.63) is 29.8 Å². The summed E-state index contributed by atoms with van der Waals surface area (Å²) in [6.45, 7) is 3.39. The first-order chi connectivity index (χ1) is 11.0. The maximum atomic E-state index is 11.8. The fourth-order valence-electron chi connectivity index (χ4n) is 1.82. The smallest absolute Gasteiger partial charge is 0.338 e. The van der Waals surface area contributed by atoms with Crippen LogP contribution in [0.1, 0.15) is 37.0 Å². The molecule has 0 saturated carbocycles. The molecule has 3 N–H and O–H groups in total. The number of primary amides is 1. The summed E-state index contributed by atoms with van der Waals surface area (Å²) in [5.41, 5.74) is 5.25. The van der Waals surface area contributed by atoms with Crippen LogP contribution in [-0.2, 0) is 14.3 Å². The van der Waals surface area contributed by atoms with Crippen LogP contribution in [-0.4, -0.2) is 37.0 Å². The monoisotopic (exact) mass is 322 g/mol. The quantitative estimate of drug-likeness (QED) is 0.660. The molecular formula is C16H22N2O5. The molecule has 23 heavy (non-hydrogen) atoms. The Labute approximate surface area is 135 Å². The molecule has 0 bridgehead atoms. The third kappa shape index (κ3) is 6.82. The Bertz CT molecular complexity index is 538. The van der Waals surface area contributed by atoms with Gasteiger partial charge in [-0.3, -0.25) is 9.59 Å². The van der Waals surface area contributed by atoms with Gasteiger partial charge < -0.3 is 20.5 Å². The Hall–Kier alpha value is -2.57. The molecule has 0 heterocycles. The molecule has 1 aromatic carbocycles. The Kier molecular flexibility index (Phi) is 7.59. The zero-order valence-corrected chi connectivity index (χ0v) is 13.3. The molecule has 0 aromatic heterocycles. The van der Waals surface area contributed by atoms with Crippen molar-refractivity contribution in [3.8, 4) is 5.75 Å². The van der Waals surface area contributed by atoms with Crippen molar-refractivity contribution in [2.75, 3.05) is 13.2 Å². The van der Waals surface area contributed by atoms with E-state index in [2.05, 4.69) is 5.32 Å². The topological polar surface area (TPSA) is 108 Å². The lowest BCUT2D eigenvalue weighted by atomic mass is 10.2. The fourth-order valence-corrected chi connectivity index (χ4v) is 1.82. The summed E-state index contributed by atoms with van der Waals surface area (Å²) in [7, 11) is 0. The summed E-state index contributed by atoms with van der Waals surface area (Å²) in [5, 5.41) is 2.78. The molecule has 0 saturated heterocycles. The van der Waals surface area contributed by atoms with Crippen LogP contribution in [0.5, 0.6) is 5.75 Å². The minimum Gasteiger partial charge on any atom is -0.484 e. The maximum absolute atomic E-state index is 11.8. The molecular weight excluding hydrogens is 300 g/mol. The van der Waals surface area contributed by atoms with Crippen molar-refractivity contribution in [2.45, 2.75) is 32.7 Å². The number of hydrogen-bond acceptors (Lipinski definition) is 5. The third-order valence-corrected chi connectivity index (χ3v) is 3.16. The highest BCUT2D eigenvalue weighted by Crippen LogP contribution is 2.12. The summed E-state index contributed by atoms with van der Waals surface area (Å²) in [5.74, 6) is -1.11. The van der Waals surface area contributed by atoms with Crippen molar-refractivity contribution < 1.29 is 23.9 Å². The minimum absolute atomic E-state index is 0.0860. The van der Waals surface area contributed by atoms with Gasteiger partial charge >= 0.3 is 5.97 Å². The molecule has 0 unspecified atom stereocenters. The number of esters is 1. The molecule has 0 aliphatic heterocycles. The van der Waals surface area contributed by atoms with Crippen molar-refractivity contribution >= 4 is 17.8 Å². The van der Waals surface area contributed by atoms with Gasteiger partial charge in [0.2, 0.25) is 0 Å². The molecule has 2 amide bonds. The second-order valence-electron chi connectivity index (χ2n) is 4.94. The van der Waals surface area contributed by atoms with Crippen molar-refractivity contribution in [1.29, 1.82) is 0 Å². The van der Waals surface area contributed by atoms with E-state index in [9.17, 15) is 14.4 Å². The molecule has 0 aliphatic carbocycles. The first-order valence-corrected chi connectivity index (χ1v) is 7.43. The lowest BCUT2D eigenvalue weighted by Gasteiger charge is -2.14. The van der Waals surface area contributed by atoms with E-state index >= 15 is 0 Å². The van der Waals surface area contributed by atoms with E-state index in [1.165, 1.54) is 24.3 Å². The highest BCUT2D eigenvalue weighted by Gasteiger charge is 2.12. The predicted octanol–water partition coefficient (Wildman–Crippen LogP) is 1.01. The molecule has 1 rings (SSSR count). The van der Waals surface area contributed by atoms with Gasteiger partial charge in [-0.1, -0.05) is 13.8 Å². The van der Waals surface area contributed by atoms with E-state index in [0.29, 0.717) is 5.75 Å². The number of amides is 2. The van der Waals surface area contributed by atoms with Gasteiger partial charge in [0.25, 0.3) is 11.8 Å². The summed E-state index contributed by atoms with van der Waals surface area (Å²) < 4.78 is 10.0. The van der Waals surface area contributed by atoms with Gasteiger partial charge in [0.15, 0.2) is 13.2 Å². The molecule has 7 heteroatoms. The van der Waals surface area contributed by atoms with E-state index in [-0.39, 0.29) is 30.7 Å². The van der Waals surface area contributed by atoms with E-state index < -0.39 is 11.9 Å². The van der Waals surface area contributed by atoms with Crippen LogP contribution in [0.15, 0.2) is 24.3 Å². The van der Waals surface area contributed by atoms with Crippen LogP contribution in [0.2, 0.25) is 0 Å². The van der Waals surface area contributed by atoms with Crippen molar-refractivity contribution in [1.82, 2.24) is 5.32 Å². The van der Waals surface area contributed by atoms with E-state index in [0.717, 1.165) is 12.8 Å². The molecule has 0 fully saturated rings. The summed E-state index contributed by atoms with van der Waals surface area (Å²) in [6.07, 6.45) is 1.64. The number of benzene rings is 1. The van der Waals surface area contributed by atoms with Crippen LogP contribution in [0, 0.1) is 0 Å². The molecule has 0 spiro atoms. The third-order valence-electron chi connectivity index (χ3n) is 3.16. The highest BCUT2D eigenvalue weighted by atomic mass is 16.5. The standard InChI is InChI=1S/C16H22N2O5/c1-3-12(4-2)18-15(20)10-23-16(21)11-5-7-13(8-6-11)22-9-14(17)19/h5-8,12H,3-4,9-10H2,1-2H3,(H2,17,19)(H,18,20). The van der Waals surface area contributed by atoms with Crippen LogP contribution >= 0.6 is 0 Å². The van der Waals surface area contributed by atoms with Crippen LogP contribution in [0.25, 0.3) is 0 Å². The number of nitrogens with two attached hydrogens (primary N) is 1. The molecule has 0 radical (unpaired) electrons. The Morgan fingerprint density at radius 1 is 1.09 bits per heavy atom. The highest BCUT2D eigenvalue weighted by molar-refractivity contribution is 5.91. The van der Waals surface area contributed by atoms with Gasteiger partial charge in [-0.15, -0.1) is 0 Å². The first-order valence-electron chi connectivity index (χ1n) is 7.43. The molecule has 1 aromatic rings. The molecule has 0 aliphatic rings. The Morgan fingerprint density at radius 2 is 1.70 bits per heavy atom.